The first-order chi connectivity index (χ1) is 14.7. The van der Waals surface area contributed by atoms with Crippen LogP contribution in [0.1, 0.15) is 38.2 Å². The molecule has 1 aliphatic carbocycles. The number of nitrogens with zero attached hydrogens (tertiary/aromatic N) is 3. The van der Waals surface area contributed by atoms with Crippen LogP contribution < -0.4 is 5.32 Å². The van der Waals surface area contributed by atoms with Crippen molar-refractivity contribution in [3.63, 3.8) is 0 Å². The predicted octanol–water partition coefficient (Wildman–Crippen LogP) is 4.94. The lowest BCUT2D eigenvalue weighted by atomic mass is 9.88. The first kappa shape index (κ1) is 23.5. The van der Waals surface area contributed by atoms with E-state index in [1.807, 2.05) is 20.2 Å². The fourth-order valence-corrected chi connectivity index (χ4v) is 3.99. The van der Waals surface area contributed by atoms with Crippen LogP contribution in [0.2, 0.25) is 0 Å². The maximum atomic E-state index is 13.6. The Morgan fingerprint density at radius 3 is 2.77 bits per heavy atom. The lowest BCUT2D eigenvalue weighted by Gasteiger charge is -2.30. The Morgan fingerprint density at radius 1 is 1.42 bits per heavy atom. The lowest BCUT2D eigenvalue weighted by Crippen LogP contribution is -2.46. The highest BCUT2D eigenvalue weighted by atomic mass is 35.5. The number of nitrogens with one attached hydrogen (secondary N) is 1. The zero-order valence-corrected chi connectivity index (χ0v) is 19.4. The number of halogens is 2. The molecular weight excluding hydrogens is 415 g/mol. The first-order valence-electron chi connectivity index (χ1n) is 10.8. The van der Waals surface area contributed by atoms with Crippen molar-refractivity contribution in [2.24, 2.45) is 10.9 Å². The number of rotatable bonds is 10. The maximum Gasteiger partial charge on any atom is 0.322 e. The minimum Gasteiger partial charge on any atom is -0.330 e. The second-order valence-corrected chi connectivity index (χ2v) is 9.49. The molecule has 2 fully saturated rings. The van der Waals surface area contributed by atoms with Crippen molar-refractivity contribution in [2.75, 3.05) is 27.2 Å². The molecule has 31 heavy (non-hydrogen) atoms. The third-order valence-electron chi connectivity index (χ3n) is 5.94. The summed E-state index contributed by atoms with van der Waals surface area (Å²) in [5, 5.41) is 3.72. The van der Waals surface area contributed by atoms with Crippen molar-refractivity contribution < 1.29 is 9.18 Å². The van der Waals surface area contributed by atoms with Crippen molar-refractivity contribution in [1.29, 1.82) is 0 Å². The zero-order chi connectivity index (χ0) is 22.6. The van der Waals surface area contributed by atoms with E-state index in [0.717, 1.165) is 37.1 Å². The van der Waals surface area contributed by atoms with Crippen LogP contribution >= 0.6 is 11.6 Å². The molecular formula is C24H32ClFN4O. The summed E-state index contributed by atoms with van der Waals surface area (Å²) in [5.74, 6) is 0.206. The molecule has 1 aromatic carbocycles. The van der Waals surface area contributed by atoms with Crippen LogP contribution in [-0.4, -0.2) is 54.8 Å². The van der Waals surface area contributed by atoms with Gasteiger partial charge in [-0.25, -0.2) is 9.18 Å². The van der Waals surface area contributed by atoms with Crippen molar-refractivity contribution in [3.05, 3.63) is 58.7 Å². The summed E-state index contributed by atoms with van der Waals surface area (Å²) in [6.45, 7) is 7.09. The van der Waals surface area contributed by atoms with E-state index in [9.17, 15) is 9.18 Å². The number of amides is 2. The molecule has 7 heteroatoms. The van der Waals surface area contributed by atoms with E-state index < -0.39 is 5.54 Å². The summed E-state index contributed by atoms with van der Waals surface area (Å²) in [6, 6.07) is 6.45. The summed E-state index contributed by atoms with van der Waals surface area (Å²) < 4.78 is 13.6. The molecule has 1 atom stereocenters. The van der Waals surface area contributed by atoms with Crippen LogP contribution in [0.15, 0.2) is 52.3 Å². The Balaban J connectivity index is 1.78. The summed E-state index contributed by atoms with van der Waals surface area (Å²) in [6.07, 6.45) is 6.05. The fraction of sp³-hybridized carbons (Fsp3) is 0.500. The smallest absolute Gasteiger partial charge is 0.322 e. The van der Waals surface area contributed by atoms with Crippen LogP contribution in [0, 0.1) is 11.7 Å². The predicted molar refractivity (Wildman–Crippen MR) is 125 cm³/mol. The van der Waals surface area contributed by atoms with E-state index >= 15 is 0 Å². The third kappa shape index (κ3) is 6.40. The average molecular weight is 447 g/mol. The lowest BCUT2D eigenvalue weighted by molar-refractivity contribution is 0.228. The standard InChI is InChI=1S/C24H32ClFN4O/c1-17(25)22(15-27-18(2)20-8-9-20)30-16-24(28-23(30)31,12-13-29(3)4)11-10-19-6-5-7-21(26)14-19/h5-7,14-15,20H,2,8-13,16H2,1,3-4H3,(H,28,31)/b22-17-,27-15-/t24-/m0/s1. The SMILES string of the molecule is C=C(/N=C\C(=C(/C)Cl)N1C[C@](CCc2cccc(F)c2)(CCN(C)C)NC1=O)C1CC1. The van der Waals surface area contributed by atoms with E-state index in [4.69, 9.17) is 11.6 Å². The van der Waals surface area contributed by atoms with Gasteiger partial charge in [-0.15, -0.1) is 0 Å². The number of aliphatic imine (C=N–C) groups is 1. The Labute approximate surface area is 189 Å². The molecule has 2 amide bonds. The largest absolute Gasteiger partial charge is 0.330 e. The molecule has 0 unspecified atom stereocenters. The van der Waals surface area contributed by atoms with Gasteiger partial charge in [0.25, 0.3) is 0 Å². The number of hydrogen-bond acceptors (Lipinski definition) is 3. The van der Waals surface area contributed by atoms with Gasteiger partial charge in [0, 0.05) is 16.6 Å². The maximum absolute atomic E-state index is 13.6. The summed E-state index contributed by atoms with van der Waals surface area (Å²) in [7, 11) is 4.03. The second-order valence-electron chi connectivity index (χ2n) is 8.92. The van der Waals surface area contributed by atoms with Gasteiger partial charge in [0.2, 0.25) is 0 Å². The quantitative estimate of drug-likeness (QED) is 0.517. The summed E-state index contributed by atoms with van der Waals surface area (Å²) in [5.41, 5.74) is 1.91. The molecule has 1 aliphatic heterocycles. The van der Waals surface area contributed by atoms with Crippen LogP contribution in [-0.2, 0) is 6.42 Å². The van der Waals surface area contributed by atoms with Gasteiger partial charge in [-0.1, -0.05) is 30.3 Å². The number of carbonyl (C=O) groups is 1. The van der Waals surface area contributed by atoms with Crippen LogP contribution in [0.3, 0.4) is 0 Å². The molecule has 168 valence electrons. The monoisotopic (exact) mass is 446 g/mol. The highest BCUT2D eigenvalue weighted by Crippen LogP contribution is 2.36. The van der Waals surface area contributed by atoms with Gasteiger partial charge >= 0.3 is 6.03 Å². The molecule has 1 N–H and O–H groups in total. The normalized spacial score (nSPS) is 22.3. The molecule has 1 saturated carbocycles. The van der Waals surface area contributed by atoms with Gasteiger partial charge < -0.3 is 10.2 Å². The van der Waals surface area contributed by atoms with Gasteiger partial charge in [0.15, 0.2) is 0 Å². The molecule has 2 aliphatic rings. The van der Waals surface area contributed by atoms with Crippen LogP contribution in [0.5, 0.6) is 0 Å². The summed E-state index contributed by atoms with van der Waals surface area (Å²) in [4.78, 5) is 21.3. The van der Waals surface area contributed by atoms with Crippen LogP contribution in [0.25, 0.3) is 0 Å². The molecule has 0 radical (unpaired) electrons. The number of urea groups is 1. The molecule has 3 rings (SSSR count). The second kappa shape index (κ2) is 9.96. The Morgan fingerprint density at radius 2 is 2.16 bits per heavy atom. The molecule has 1 aromatic rings. The molecule has 1 saturated heterocycles. The zero-order valence-electron chi connectivity index (χ0n) is 18.6. The van der Waals surface area contributed by atoms with Gasteiger partial charge in [-0.05, 0) is 77.4 Å². The van der Waals surface area contributed by atoms with Crippen molar-refractivity contribution in [2.45, 2.75) is 44.6 Å². The first-order valence-corrected chi connectivity index (χ1v) is 11.1. The van der Waals surface area contributed by atoms with E-state index in [0.29, 0.717) is 36.0 Å². The van der Waals surface area contributed by atoms with Crippen molar-refractivity contribution in [1.82, 2.24) is 15.1 Å². The molecule has 1 heterocycles. The molecule has 0 aromatic heterocycles. The minimum absolute atomic E-state index is 0.184. The van der Waals surface area contributed by atoms with Gasteiger partial charge in [0.1, 0.15) is 5.82 Å². The third-order valence-corrected chi connectivity index (χ3v) is 6.14. The number of allylic oxidation sites excluding steroid dienone is 3. The Kier molecular flexibility index (Phi) is 7.55. The summed E-state index contributed by atoms with van der Waals surface area (Å²) >= 11 is 6.37. The Bertz CT molecular complexity index is 889. The van der Waals surface area contributed by atoms with E-state index in [2.05, 4.69) is 21.8 Å². The molecule has 5 nitrogen and oxygen atoms in total. The minimum atomic E-state index is -0.438. The average Bonchev–Trinajstić information content (AvgIpc) is 3.50. The number of hydrogen-bond donors (Lipinski definition) is 1. The van der Waals surface area contributed by atoms with Gasteiger partial charge in [0.05, 0.1) is 24.0 Å². The van der Waals surface area contributed by atoms with Crippen molar-refractivity contribution in [3.8, 4) is 0 Å². The topological polar surface area (TPSA) is 47.9 Å². The molecule has 0 bridgehead atoms. The van der Waals surface area contributed by atoms with E-state index in [-0.39, 0.29) is 11.8 Å². The molecule has 0 spiro atoms. The Hall–Kier alpha value is -2.18. The number of benzene rings is 1. The van der Waals surface area contributed by atoms with Crippen molar-refractivity contribution >= 4 is 23.8 Å². The number of aryl methyl sites for hydroxylation is 1. The fourth-order valence-electron chi connectivity index (χ4n) is 3.84. The van der Waals surface area contributed by atoms with E-state index in [1.54, 1.807) is 30.2 Å². The highest BCUT2D eigenvalue weighted by molar-refractivity contribution is 6.31. The van der Waals surface area contributed by atoms with Gasteiger partial charge in [-0.3, -0.25) is 9.89 Å². The highest BCUT2D eigenvalue weighted by Gasteiger charge is 2.43. The van der Waals surface area contributed by atoms with E-state index in [1.165, 1.54) is 6.07 Å². The number of carbonyl (C=O) groups excluding carboxylic acids is 1. The van der Waals surface area contributed by atoms with Gasteiger partial charge in [-0.2, -0.15) is 0 Å². The van der Waals surface area contributed by atoms with Crippen LogP contribution in [0.4, 0.5) is 9.18 Å².